The number of ether oxygens (including phenoxy) is 2. The van der Waals surface area contributed by atoms with Crippen molar-refractivity contribution in [1.82, 2.24) is 0 Å². The Labute approximate surface area is 130 Å². The van der Waals surface area contributed by atoms with E-state index in [9.17, 15) is 4.79 Å². The molecule has 0 spiro atoms. The van der Waals surface area contributed by atoms with Crippen LogP contribution in [0, 0.1) is 0 Å². The van der Waals surface area contributed by atoms with Crippen LogP contribution in [0.15, 0.2) is 48.5 Å². The molecule has 0 saturated heterocycles. The second kappa shape index (κ2) is 9.55. The Morgan fingerprint density at radius 1 is 0.909 bits per heavy atom. The van der Waals surface area contributed by atoms with E-state index in [1.54, 1.807) is 38.5 Å². The molecule has 0 saturated carbocycles. The molecule has 0 aliphatic heterocycles. The lowest BCUT2D eigenvalue weighted by molar-refractivity contribution is 0.0697. The zero-order valence-electron chi connectivity index (χ0n) is 12.8. The van der Waals surface area contributed by atoms with Crippen molar-refractivity contribution in [3.05, 3.63) is 65.2 Å². The van der Waals surface area contributed by atoms with Crippen molar-refractivity contribution in [1.29, 1.82) is 0 Å². The number of carboxylic acids is 1. The Hall–Kier alpha value is -2.37. The minimum atomic E-state index is -0.904. The molecule has 2 aromatic carbocycles. The molecule has 22 heavy (non-hydrogen) atoms. The summed E-state index contributed by atoms with van der Waals surface area (Å²) in [6, 6.07) is 14.3. The molecular formula is C17H21NO4. The predicted octanol–water partition coefficient (Wildman–Crippen LogP) is 2.95. The van der Waals surface area contributed by atoms with Gasteiger partial charge in [0.25, 0.3) is 0 Å². The Morgan fingerprint density at radius 2 is 1.32 bits per heavy atom. The van der Waals surface area contributed by atoms with E-state index >= 15 is 0 Å². The highest BCUT2D eigenvalue weighted by Crippen LogP contribution is 2.06. The first kappa shape index (κ1) is 17.7. The largest absolute Gasteiger partial charge is 0.478 e. The number of aromatic carboxylic acids is 1. The molecule has 0 fully saturated rings. The molecule has 118 valence electrons. The minimum absolute atomic E-state index is 0.301. The number of nitrogen functional groups attached to an aromatic ring is 1. The van der Waals surface area contributed by atoms with Crippen molar-refractivity contribution in [2.45, 2.75) is 13.2 Å². The molecule has 0 bridgehead atoms. The number of anilines is 1. The molecule has 3 N–H and O–H groups in total. The van der Waals surface area contributed by atoms with Crippen molar-refractivity contribution in [2.24, 2.45) is 0 Å². The first-order valence-electron chi connectivity index (χ1n) is 6.71. The van der Waals surface area contributed by atoms with Crippen LogP contribution < -0.4 is 5.73 Å². The Kier molecular flexibility index (Phi) is 7.67. The molecule has 0 atom stereocenters. The van der Waals surface area contributed by atoms with Crippen LogP contribution in [0.2, 0.25) is 0 Å². The normalized spacial score (nSPS) is 9.73. The Balaban J connectivity index is 0.000000224. The Bertz CT molecular complexity index is 564. The summed E-state index contributed by atoms with van der Waals surface area (Å²) in [5.74, 6) is -0.904. The number of rotatable bonds is 5. The van der Waals surface area contributed by atoms with Gasteiger partial charge in [-0.2, -0.15) is 0 Å². The summed E-state index contributed by atoms with van der Waals surface area (Å²) in [7, 11) is 3.28. The Morgan fingerprint density at radius 3 is 1.68 bits per heavy atom. The third-order valence-electron chi connectivity index (χ3n) is 2.80. The number of hydrogen-bond donors (Lipinski definition) is 2. The van der Waals surface area contributed by atoms with E-state index in [4.69, 9.17) is 20.3 Å². The van der Waals surface area contributed by atoms with Gasteiger partial charge in [-0.3, -0.25) is 0 Å². The maximum Gasteiger partial charge on any atom is 0.335 e. The maximum atomic E-state index is 10.4. The van der Waals surface area contributed by atoms with Gasteiger partial charge >= 0.3 is 5.97 Å². The van der Waals surface area contributed by atoms with Crippen molar-refractivity contribution in [3.63, 3.8) is 0 Å². The lowest BCUT2D eigenvalue weighted by Gasteiger charge is -1.99. The first-order chi connectivity index (χ1) is 10.6. The van der Waals surface area contributed by atoms with Crippen LogP contribution in [0.25, 0.3) is 0 Å². The maximum absolute atomic E-state index is 10.4. The van der Waals surface area contributed by atoms with Crippen LogP contribution in [0.5, 0.6) is 0 Å². The van der Waals surface area contributed by atoms with Gasteiger partial charge < -0.3 is 20.3 Å². The molecule has 2 rings (SSSR count). The van der Waals surface area contributed by atoms with Crippen molar-refractivity contribution < 1.29 is 19.4 Å². The van der Waals surface area contributed by atoms with Gasteiger partial charge in [-0.05, 0) is 35.4 Å². The molecule has 0 unspecified atom stereocenters. The molecular weight excluding hydrogens is 282 g/mol. The lowest BCUT2D eigenvalue weighted by atomic mass is 10.1. The third-order valence-corrected chi connectivity index (χ3v) is 2.80. The van der Waals surface area contributed by atoms with Gasteiger partial charge in [0, 0.05) is 19.9 Å². The topological polar surface area (TPSA) is 81.8 Å². The highest BCUT2D eigenvalue weighted by atomic mass is 16.5. The number of methoxy groups -OCH3 is 2. The fourth-order valence-corrected chi connectivity index (χ4v) is 1.69. The number of carbonyl (C=O) groups is 1. The number of hydrogen-bond acceptors (Lipinski definition) is 4. The van der Waals surface area contributed by atoms with Crippen LogP contribution in [0.4, 0.5) is 5.69 Å². The number of benzene rings is 2. The standard InChI is InChI=1S/C9H10O3.C8H11NO/c1-12-6-7-2-4-8(5-3-7)9(10)11;1-10-6-7-2-4-8(9)5-3-7/h2-5H,6H2,1H3,(H,10,11);2-5H,6,9H2,1H3. The van der Waals surface area contributed by atoms with Crippen LogP contribution >= 0.6 is 0 Å². The monoisotopic (exact) mass is 303 g/mol. The van der Waals surface area contributed by atoms with Gasteiger partial charge in [-0.15, -0.1) is 0 Å². The van der Waals surface area contributed by atoms with Crippen LogP contribution in [-0.2, 0) is 22.7 Å². The zero-order chi connectivity index (χ0) is 16.4. The van der Waals surface area contributed by atoms with Gasteiger partial charge in [0.1, 0.15) is 0 Å². The molecule has 0 amide bonds. The lowest BCUT2D eigenvalue weighted by Crippen LogP contribution is -1.96. The summed E-state index contributed by atoms with van der Waals surface area (Å²) < 4.78 is 9.81. The fraction of sp³-hybridized carbons (Fsp3) is 0.235. The van der Waals surface area contributed by atoms with Gasteiger partial charge in [-0.1, -0.05) is 24.3 Å². The molecule has 2 aromatic rings. The van der Waals surface area contributed by atoms with Crippen LogP contribution in [-0.4, -0.2) is 25.3 Å². The summed E-state index contributed by atoms with van der Waals surface area (Å²) in [4.78, 5) is 10.4. The van der Waals surface area contributed by atoms with E-state index in [0.29, 0.717) is 18.8 Å². The quantitative estimate of drug-likeness (QED) is 0.830. The van der Waals surface area contributed by atoms with E-state index in [0.717, 1.165) is 16.8 Å². The van der Waals surface area contributed by atoms with Crippen molar-refractivity contribution >= 4 is 11.7 Å². The molecule has 5 nitrogen and oxygen atoms in total. The number of carboxylic acid groups (broad SMARTS) is 1. The third kappa shape index (κ3) is 6.39. The average Bonchev–Trinajstić information content (AvgIpc) is 2.51. The molecule has 0 radical (unpaired) electrons. The van der Waals surface area contributed by atoms with Crippen molar-refractivity contribution in [3.8, 4) is 0 Å². The molecule has 0 aliphatic rings. The highest BCUT2D eigenvalue weighted by Gasteiger charge is 2.00. The van der Waals surface area contributed by atoms with Gasteiger partial charge in [0.05, 0.1) is 18.8 Å². The van der Waals surface area contributed by atoms with Gasteiger partial charge in [0.15, 0.2) is 0 Å². The highest BCUT2D eigenvalue weighted by molar-refractivity contribution is 5.87. The van der Waals surface area contributed by atoms with E-state index in [-0.39, 0.29) is 0 Å². The summed E-state index contributed by atoms with van der Waals surface area (Å²) in [5.41, 5.74) is 8.70. The summed E-state index contributed by atoms with van der Waals surface area (Å²) >= 11 is 0. The number of nitrogens with two attached hydrogens (primary N) is 1. The smallest absolute Gasteiger partial charge is 0.335 e. The fourth-order valence-electron chi connectivity index (χ4n) is 1.69. The second-order valence-electron chi connectivity index (χ2n) is 4.61. The van der Waals surface area contributed by atoms with E-state index in [1.807, 2.05) is 24.3 Å². The van der Waals surface area contributed by atoms with Crippen LogP contribution in [0.1, 0.15) is 21.5 Å². The van der Waals surface area contributed by atoms with Gasteiger partial charge in [-0.25, -0.2) is 4.79 Å². The van der Waals surface area contributed by atoms with Crippen LogP contribution in [0.3, 0.4) is 0 Å². The first-order valence-corrected chi connectivity index (χ1v) is 6.71. The van der Waals surface area contributed by atoms with E-state index in [2.05, 4.69) is 0 Å². The minimum Gasteiger partial charge on any atom is -0.478 e. The SMILES string of the molecule is COCc1ccc(C(=O)O)cc1.COCc1ccc(N)cc1. The van der Waals surface area contributed by atoms with E-state index < -0.39 is 5.97 Å². The zero-order valence-corrected chi connectivity index (χ0v) is 12.8. The second-order valence-corrected chi connectivity index (χ2v) is 4.61. The molecule has 5 heteroatoms. The molecule has 0 aliphatic carbocycles. The molecule has 0 aromatic heterocycles. The summed E-state index contributed by atoms with van der Waals surface area (Å²) in [6.07, 6.45) is 0. The average molecular weight is 303 g/mol. The summed E-state index contributed by atoms with van der Waals surface area (Å²) in [6.45, 7) is 1.17. The van der Waals surface area contributed by atoms with E-state index in [1.165, 1.54) is 0 Å². The summed E-state index contributed by atoms with van der Waals surface area (Å²) in [5, 5.41) is 8.57. The predicted molar refractivity (Wildman–Crippen MR) is 85.7 cm³/mol. The van der Waals surface area contributed by atoms with Gasteiger partial charge in [0.2, 0.25) is 0 Å². The van der Waals surface area contributed by atoms with Crippen molar-refractivity contribution in [2.75, 3.05) is 20.0 Å². The molecule has 0 heterocycles.